The molecule has 1 aromatic rings. The molecule has 3 nitrogen and oxygen atoms in total. The van der Waals surface area contributed by atoms with Gasteiger partial charge >= 0.3 is 0 Å². The molecule has 0 spiro atoms. The minimum Gasteiger partial charge on any atom is -0.330 e. The molecule has 0 atom stereocenters. The summed E-state index contributed by atoms with van der Waals surface area (Å²) in [5, 5.41) is 4.19. The Labute approximate surface area is 72.6 Å². The van der Waals surface area contributed by atoms with Crippen molar-refractivity contribution in [2.75, 3.05) is 6.54 Å². The first-order valence-electron chi connectivity index (χ1n) is 4.52. The summed E-state index contributed by atoms with van der Waals surface area (Å²) in [6.45, 7) is 1.80. The lowest BCUT2D eigenvalue weighted by atomic mass is 9.69. The molecule has 0 bridgehead atoms. The second kappa shape index (κ2) is 2.90. The van der Waals surface area contributed by atoms with Gasteiger partial charge in [0.15, 0.2) is 0 Å². The SMILES string of the molecule is NCC1(Cn2cccn2)CCC1. The molecular weight excluding hydrogens is 150 g/mol. The van der Waals surface area contributed by atoms with Gasteiger partial charge < -0.3 is 5.73 Å². The fraction of sp³-hybridized carbons (Fsp3) is 0.667. The Morgan fingerprint density at radius 1 is 1.50 bits per heavy atom. The van der Waals surface area contributed by atoms with Crippen molar-refractivity contribution >= 4 is 0 Å². The molecular formula is C9H15N3. The number of nitrogens with two attached hydrogens (primary N) is 1. The molecule has 1 saturated carbocycles. The molecule has 1 aromatic heterocycles. The smallest absolute Gasteiger partial charge is 0.0489 e. The Morgan fingerprint density at radius 3 is 2.75 bits per heavy atom. The molecule has 1 aliphatic rings. The Hall–Kier alpha value is -0.830. The molecule has 0 aliphatic heterocycles. The summed E-state index contributed by atoms with van der Waals surface area (Å²) in [6.07, 6.45) is 7.70. The largest absolute Gasteiger partial charge is 0.330 e. The highest BCUT2D eigenvalue weighted by atomic mass is 15.3. The van der Waals surface area contributed by atoms with Crippen LogP contribution in [0.15, 0.2) is 18.5 Å². The fourth-order valence-corrected chi connectivity index (χ4v) is 1.84. The van der Waals surface area contributed by atoms with E-state index in [9.17, 15) is 0 Å². The highest BCUT2D eigenvalue weighted by Crippen LogP contribution is 2.40. The third-order valence-electron chi connectivity index (χ3n) is 2.90. The number of nitrogens with zero attached hydrogens (tertiary/aromatic N) is 2. The van der Waals surface area contributed by atoms with Gasteiger partial charge in [-0.2, -0.15) is 5.10 Å². The summed E-state index contributed by atoms with van der Waals surface area (Å²) in [5.74, 6) is 0. The van der Waals surface area contributed by atoms with Crippen molar-refractivity contribution in [1.29, 1.82) is 0 Å². The third kappa shape index (κ3) is 1.25. The van der Waals surface area contributed by atoms with Crippen LogP contribution in [0.1, 0.15) is 19.3 Å². The van der Waals surface area contributed by atoms with Crippen LogP contribution >= 0.6 is 0 Å². The maximum atomic E-state index is 5.74. The van der Waals surface area contributed by atoms with Crippen LogP contribution in [0.25, 0.3) is 0 Å². The monoisotopic (exact) mass is 165 g/mol. The molecule has 0 aromatic carbocycles. The molecule has 1 fully saturated rings. The molecule has 66 valence electrons. The Balaban J connectivity index is 2.01. The number of rotatable bonds is 3. The first-order chi connectivity index (χ1) is 5.85. The zero-order valence-electron chi connectivity index (χ0n) is 7.24. The molecule has 0 saturated heterocycles. The summed E-state index contributed by atoms with van der Waals surface area (Å²) >= 11 is 0. The van der Waals surface area contributed by atoms with Crippen molar-refractivity contribution in [2.24, 2.45) is 11.1 Å². The van der Waals surface area contributed by atoms with Gasteiger partial charge in [0, 0.05) is 24.4 Å². The Kier molecular flexibility index (Phi) is 1.89. The fourth-order valence-electron chi connectivity index (χ4n) is 1.84. The first kappa shape index (κ1) is 7.80. The van der Waals surface area contributed by atoms with Crippen molar-refractivity contribution in [1.82, 2.24) is 9.78 Å². The van der Waals surface area contributed by atoms with Gasteiger partial charge in [0.05, 0.1) is 0 Å². The molecule has 3 heteroatoms. The predicted octanol–water partition coefficient (Wildman–Crippen LogP) is 1.01. The van der Waals surface area contributed by atoms with Crippen molar-refractivity contribution < 1.29 is 0 Å². The lowest BCUT2D eigenvalue weighted by Gasteiger charge is -2.40. The van der Waals surface area contributed by atoms with Gasteiger partial charge in [0.2, 0.25) is 0 Å². The van der Waals surface area contributed by atoms with Crippen molar-refractivity contribution in [3.63, 3.8) is 0 Å². The summed E-state index contributed by atoms with van der Waals surface area (Å²) in [5.41, 5.74) is 6.11. The molecule has 2 rings (SSSR count). The molecule has 0 radical (unpaired) electrons. The normalized spacial score (nSPS) is 20.4. The minimum atomic E-state index is 0.367. The van der Waals surface area contributed by atoms with E-state index < -0.39 is 0 Å². The van der Waals surface area contributed by atoms with E-state index in [0.29, 0.717) is 5.41 Å². The molecule has 0 unspecified atom stereocenters. The standard InChI is InChI=1S/C9H15N3/c10-7-9(3-1-4-9)8-12-6-2-5-11-12/h2,5-6H,1,3-4,7-8,10H2. The molecule has 12 heavy (non-hydrogen) atoms. The first-order valence-corrected chi connectivity index (χ1v) is 4.52. The van der Waals surface area contributed by atoms with Crippen molar-refractivity contribution in [3.8, 4) is 0 Å². The van der Waals surface area contributed by atoms with E-state index in [-0.39, 0.29) is 0 Å². The lowest BCUT2D eigenvalue weighted by molar-refractivity contribution is 0.111. The predicted molar refractivity (Wildman–Crippen MR) is 47.6 cm³/mol. The zero-order chi connectivity index (χ0) is 8.44. The van der Waals surface area contributed by atoms with Crippen LogP contribution in [0.2, 0.25) is 0 Å². The van der Waals surface area contributed by atoms with Crippen LogP contribution in [0.5, 0.6) is 0 Å². The Bertz CT molecular complexity index is 231. The van der Waals surface area contributed by atoms with Crippen LogP contribution in [0.3, 0.4) is 0 Å². The Morgan fingerprint density at radius 2 is 2.33 bits per heavy atom. The van der Waals surface area contributed by atoms with Crippen molar-refractivity contribution in [2.45, 2.75) is 25.8 Å². The number of aromatic nitrogens is 2. The van der Waals surface area contributed by atoms with E-state index in [4.69, 9.17) is 5.73 Å². The topological polar surface area (TPSA) is 43.8 Å². The average Bonchev–Trinajstić information content (AvgIpc) is 2.49. The van der Waals surface area contributed by atoms with Gasteiger partial charge in [-0.1, -0.05) is 6.42 Å². The van der Waals surface area contributed by atoms with Gasteiger partial charge in [-0.25, -0.2) is 0 Å². The highest BCUT2D eigenvalue weighted by molar-refractivity contribution is 4.90. The summed E-state index contributed by atoms with van der Waals surface area (Å²) in [7, 11) is 0. The van der Waals surface area contributed by atoms with Gasteiger partial charge in [0.1, 0.15) is 0 Å². The molecule has 1 aliphatic carbocycles. The second-order valence-corrected chi connectivity index (χ2v) is 3.76. The van der Waals surface area contributed by atoms with E-state index in [0.717, 1.165) is 13.1 Å². The van der Waals surface area contributed by atoms with Gasteiger partial charge in [-0.3, -0.25) is 4.68 Å². The van der Waals surface area contributed by atoms with Crippen LogP contribution in [-0.4, -0.2) is 16.3 Å². The van der Waals surface area contributed by atoms with Gasteiger partial charge in [0.25, 0.3) is 0 Å². The minimum absolute atomic E-state index is 0.367. The summed E-state index contributed by atoms with van der Waals surface area (Å²) in [6, 6.07) is 1.96. The molecule has 0 amide bonds. The van der Waals surface area contributed by atoms with Crippen LogP contribution in [0.4, 0.5) is 0 Å². The molecule has 2 N–H and O–H groups in total. The third-order valence-corrected chi connectivity index (χ3v) is 2.90. The number of hydrogen-bond acceptors (Lipinski definition) is 2. The zero-order valence-corrected chi connectivity index (χ0v) is 7.24. The van der Waals surface area contributed by atoms with Crippen molar-refractivity contribution in [3.05, 3.63) is 18.5 Å². The van der Waals surface area contributed by atoms with E-state index >= 15 is 0 Å². The highest BCUT2D eigenvalue weighted by Gasteiger charge is 2.35. The summed E-state index contributed by atoms with van der Waals surface area (Å²) in [4.78, 5) is 0. The van der Waals surface area contributed by atoms with Gasteiger partial charge in [-0.15, -0.1) is 0 Å². The lowest BCUT2D eigenvalue weighted by Crippen LogP contribution is -2.41. The quantitative estimate of drug-likeness (QED) is 0.726. The van der Waals surface area contributed by atoms with Crippen LogP contribution in [-0.2, 0) is 6.54 Å². The van der Waals surface area contributed by atoms with E-state index in [1.165, 1.54) is 19.3 Å². The van der Waals surface area contributed by atoms with Crippen LogP contribution < -0.4 is 5.73 Å². The maximum absolute atomic E-state index is 5.74. The van der Waals surface area contributed by atoms with E-state index in [1.54, 1.807) is 0 Å². The average molecular weight is 165 g/mol. The van der Waals surface area contributed by atoms with Crippen LogP contribution in [0, 0.1) is 5.41 Å². The molecule has 1 heterocycles. The van der Waals surface area contributed by atoms with E-state index in [1.807, 2.05) is 23.1 Å². The second-order valence-electron chi connectivity index (χ2n) is 3.76. The van der Waals surface area contributed by atoms with Gasteiger partial charge in [-0.05, 0) is 25.5 Å². The summed E-state index contributed by atoms with van der Waals surface area (Å²) < 4.78 is 1.99. The number of hydrogen-bond donors (Lipinski definition) is 1. The maximum Gasteiger partial charge on any atom is 0.0489 e. The van der Waals surface area contributed by atoms with E-state index in [2.05, 4.69) is 5.10 Å².